The lowest BCUT2D eigenvalue weighted by Gasteiger charge is -2.21. The Labute approximate surface area is 169 Å². The SMILES string of the molecule is COCCN(CC(F)F)C(=O)c1sc(NC(=O)c2ccc(F)cc2Cl)cc1C. The first-order valence-corrected chi connectivity index (χ1v) is 9.35. The summed E-state index contributed by atoms with van der Waals surface area (Å²) in [7, 11) is 1.41. The molecule has 152 valence electrons. The highest BCUT2D eigenvalue weighted by molar-refractivity contribution is 7.18. The maximum Gasteiger partial charge on any atom is 0.264 e. The van der Waals surface area contributed by atoms with Crippen molar-refractivity contribution in [1.29, 1.82) is 0 Å². The molecule has 0 saturated carbocycles. The molecule has 0 radical (unpaired) electrons. The van der Waals surface area contributed by atoms with Crippen LogP contribution in [0.1, 0.15) is 25.6 Å². The molecular formula is C18H18ClF3N2O3S. The summed E-state index contributed by atoms with van der Waals surface area (Å²) in [5, 5.41) is 2.88. The van der Waals surface area contributed by atoms with Crippen molar-refractivity contribution in [2.24, 2.45) is 0 Å². The van der Waals surface area contributed by atoms with Gasteiger partial charge < -0.3 is 15.0 Å². The van der Waals surface area contributed by atoms with E-state index in [4.69, 9.17) is 16.3 Å². The van der Waals surface area contributed by atoms with Gasteiger partial charge in [0.2, 0.25) is 0 Å². The Morgan fingerprint density at radius 3 is 2.64 bits per heavy atom. The number of methoxy groups -OCH3 is 1. The van der Waals surface area contributed by atoms with E-state index >= 15 is 0 Å². The zero-order valence-corrected chi connectivity index (χ0v) is 16.7. The van der Waals surface area contributed by atoms with E-state index in [1.807, 2.05) is 0 Å². The average Bonchev–Trinajstić information content (AvgIpc) is 2.97. The number of anilines is 1. The summed E-state index contributed by atoms with van der Waals surface area (Å²) >= 11 is 6.84. The molecule has 10 heteroatoms. The van der Waals surface area contributed by atoms with Gasteiger partial charge in [-0.3, -0.25) is 9.59 Å². The normalized spacial score (nSPS) is 11.0. The van der Waals surface area contributed by atoms with Crippen LogP contribution >= 0.6 is 22.9 Å². The average molecular weight is 435 g/mol. The maximum absolute atomic E-state index is 13.1. The quantitative estimate of drug-likeness (QED) is 0.667. The summed E-state index contributed by atoms with van der Waals surface area (Å²) in [6.07, 6.45) is -2.68. The molecule has 0 atom stereocenters. The molecule has 0 aliphatic rings. The smallest absolute Gasteiger partial charge is 0.264 e. The van der Waals surface area contributed by atoms with Crippen molar-refractivity contribution >= 4 is 39.8 Å². The van der Waals surface area contributed by atoms with Gasteiger partial charge in [-0.2, -0.15) is 0 Å². The van der Waals surface area contributed by atoms with Gasteiger partial charge in [-0.1, -0.05) is 11.6 Å². The fourth-order valence-electron chi connectivity index (χ4n) is 2.40. The summed E-state index contributed by atoms with van der Waals surface area (Å²) in [4.78, 5) is 26.2. The molecule has 0 saturated heterocycles. The molecule has 2 amide bonds. The lowest BCUT2D eigenvalue weighted by Crippen LogP contribution is -2.37. The molecule has 5 nitrogen and oxygen atoms in total. The lowest BCUT2D eigenvalue weighted by atomic mass is 10.2. The van der Waals surface area contributed by atoms with E-state index in [-0.39, 0.29) is 28.6 Å². The number of nitrogens with one attached hydrogen (secondary N) is 1. The minimum Gasteiger partial charge on any atom is -0.383 e. The van der Waals surface area contributed by atoms with Crippen molar-refractivity contribution in [2.45, 2.75) is 13.3 Å². The second-order valence-corrected chi connectivity index (χ2v) is 7.30. The number of amides is 2. The van der Waals surface area contributed by atoms with Crippen molar-refractivity contribution < 1.29 is 27.5 Å². The first kappa shape index (κ1) is 22.2. The van der Waals surface area contributed by atoms with Crippen molar-refractivity contribution in [1.82, 2.24) is 4.90 Å². The Morgan fingerprint density at radius 2 is 2.04 bits per heavy atom. The largest absolute Gasteiger partial charge is 0.383 e. The van der Waals surface area contributed by atoms with Crippen LogP contribution in [-0.2, 0) is 4.74 Å². The second-order valence-electron chi connectivity index (χ2n) is 5.84. The van der Waals surface area contributed by atoms with E-state index in [9.17, 15) is 22.8 Å². The number of nitrogens with zero attached hydrogens (tertiary/aromatic N) is 1. The van der Waals surface area contributed by atoms with Gasteiger partial charge in [-0.15, -0.1) is 11.3 Å². The predicted molar refractivity (Wildman–Crippen MR) is 102 cm³/mol. The summed E-state index contributed by atoms with van der Waals surface area (Å²) in [5.41, 5.74) is 0.605. The maximum atomic E-state index is 13.1. The van der Waals surface area contributed by atoms with E-state index in [2.05, 4.69) is 5.32 Å². The molecule has 28 heavy (non-hydrogen) atoms. The molecule has 0 spiro atoms. The molecule has 2 aromatic rings. The van der Waals surface area contributed by atoms with Crippen molar-refractivity contribution in [3.8, 4) is 0 Å². The molecule has 0 bridgehead atoms. The van der Waals surface area contributed by atoms with Gasteiger partial charge in [0.05, 0.1) is 33.6 Å². The summed E-state index contributed by atoms with van der Waals surface area (Å²) < 4.78 is 43.6. The van der Waals surface area contributed by atoms with Crippen LogP contribution in [0, 0.1) is 12.7 Å². The Balaban J connectivity index is 2.18. The molecule has 0 aliphatic heterocycles. The number of alkyl halides is 2. The van der Waals surface area contributed by atoms with Crippen LogP contribution in [0.3, 0.4) is 0 Å². The Bertz CT molecular complexity index is 861. The Morgan fingerprint density at radius 1 is 1.32 bits per heavy atom. The number of hydrogen-bond donors (Lipinski definition) is 1. The van der Waals surface area contributed by atoms with E-state index in [0.717, 1.165) is 28.4 Å². The fraction of sp³-hybridized carbons (Fsp3) is 0.333. The molecular weight excluding hydrogens is 417 g/mol. The summed E-state index contributed by atoms with van der Waals surface area (Å²) in [6, 6.07) is 4.93. The number of rotatable bonds is 8. The summed E-state index contributed by atoms with van der Waals surface area (Å²) in [5.74, 6) is -1.72. The van der Waals surface area contributed by atoms with Gasteiger partial charge in [0, 0.05) is 13.7 Å². The minimum atomic E-state index is -2.68. The highest BCUT2D eigenvalue weighted by Crippen LogP contribution is 2.29. The third-order valence-corrected chi connectivity index (χ3v) is 5.19. The first-order valence-electron chi connectivity index (χ1n) is 8.16. The molecule has 0 unspecified atom stereocenters. The van der Waals surface area contributed by atoms with Crippen LogP contribution in [0.4, 0.5) is 18.2 Å². The van der Waals surface area contributed by atoms with Crippen molar-refractivity contribution in [2.75, 3.05) is 32.1 Å². The van der Waals surface area contributed by atoms with Gasteiger partial charge in [0.1, 0.15) is 5.82 Å². The Hall–Kier alpha value is -2.10. The number of benzene rings is 1. The van der Waals surface area contributed by atoms with E-state index in [1.54, 1.807) is 13.0 Å². The number of aryl methyl sites for hydroxylation is 1. The van der Waals surface area contributed by atoms with E-state index < -0.39 is 30.6 Å². The zero-order chi connectivity index (χ0) is 20.8. The number of hydrogen-bond acceptors (Lipinski definition) is 4. The molecule has 2 rings (SSSR count). The number of ether oxygens (including phenoxy) is 1. The lowest BCUT2D eigenvalue weighted by molar-refractivity contribution is 0.0481. The highest BCUT2D eigenvalue weighted by Gasteiger charge is 2.24. The third kappa shape index (κ3) is 5.70. The molecule has 1 N–H and O–H groups in total. The van der Waals surface area contributed by atoms with Crippen LogP contribution in [0.2, 0.25) is 5.02 Å². The third-order valence-electron chi connectivity index (χ3n) is 3.74. The molecule has 0 aliphatic carbocycles. The van der Waals surface area contributed by atoms with Gasteiger partial charge >= 0.3 is 0 Å². The monoisotopic (exact) mass is 434 g/mol. The van der Waals surface area contributed by atoms with E-state index in [0.29, 0.717) is 10.6 Å². The van der Waals surface area contributed by atoms with Crippen LogP contribution < -0.4 is 5.32 Å². The number of thiophene rings is 1. The first-order chi connectivity index (χ1) is 13.2. The zero-order valence-electron chi connectivity index (χ0n) is 15.1. The minimum absolute atomic E-state index is 0.0178. The van der Waals surface area contributed by atoms with Crippen molar-refractivity contribution in [3.63, 3.8) is 0 Å². The standard InChI is InChI=1S/C18H18ClF3N2O3S/c1-10-7-15(23-17(25)12-4-3-11(20)8-13(12)19)28-16(10)18(26)24(5-6-27-2)9-14(21)22/h3-4,7-8,14H,5-6,9H2,1-2H3,(H,23,25). The van der Waals surface area contributed by atoms with Crippen LogP contribution in [0.25, 0.3) is 0 Å². The number of carbonyl (C=O) groups is 2. The molecule has 0 fully saturated rings. The highest BCUT2D eigenvalue weighted by atomic mass is 35.5. The van der Waals surface area contributed by atoms with Crippen LogP contribution in [0.5, 0.6) is 0 Å². The van der Waals surface area contributed by atoms with Gasteiger partial charge in [0.25, 0.3) is 18.2 Å². The fourth-order valence-corrected chi connectivity index (χ4v) is 3.69. The molecule has 1 aromatic carbocycles. The van der Waals surface area contributed by atoms with E-state index in [1.165, 1.54) is 13.2 Å². The van der Waals surface area contributed by atoms with Gasteiger partial charge in [0.15, 0.2) is 0 Å². The molecule has 1 aromatic heterocycles. The number of carbonyl (C=O) groups excluding carboxylic acids is 2. The molecule has 1 heterocycles. The van der Waals surface area contributed by atoms with Crippen LogP contribution in [0.15, 0.2) is 24.3 Å². The van der Waals surface area contributed by atoms with Gasteiger partial charge in [-0.25, -0.2) is 13.2 Å². The van der Waals surface area contributed by atoms with Crippen LogP contribution in [-0.4, -0.2) is 49.9 Å². The van der Waals surface area contributed by atoms with Gasteiger partial charge in [-0.05, 0) is 36.8 Å². The topological polar surface area (TPSA) is 58.6 Å². The summed E-state index contributed by atoms with van der Waals surface area (Å²) in [6.45, 7) is 1.06. The second kappa shape index (κ2) is 9.90. The Kier molecular flexibility index (Phi) is 7.85. The van der Waals surface area contributed by atoms with Crippen molar-refractivity contribution in [3.05, 3.63) is 51.1 Å². The number of halogens is 4. The predicted octanol–water partition coefficient (Wildman–Crippen LogP) is 4.46.